The Morgan fingerprint density at radius 3 is 2.64 bits per heavy atom. The highest BCUT2D eigenvalue weighted by atomic mass is 32.2. The van der Waals surface area contributed by atoms with Crippen molar-refractivity contribution in [2.75, 3.05) is 39.5 Å². The molecule has 0 spiro atoms. The Kier molecular flexibility index (Phi) is 5.02. The van der Waals surface area contributed by atoms with E-state index in [0.29, 0.717) is 11.8 Å². The third kappa shape index (κ3) is 3.71. The van der Waals surface area contributed by atoms with Crippen LogP contribution in [0.15, 0.2) is 47.4 Å². The van der Waals surface area contributed by atoms with Crippen LogP contribution in [0.2, 0.25) is 0 Å². The molecule has 1 atom stereocenters. The van der Waals surface area contributed by atoms with Crippen molar-refractivity contribution in [2.24, 2.45) is 5.92 Å². The van der Waals surface area contributed by atoms with Gasteiger partial charge in [0.25, 0.3) is 0 Å². The number of benzene rings is 2. The molecule has 0 radical (unpaired) electrons. The summed E-state index contributed by atoms with van der Waals surface area (Å²) in [6, 6.07) is 15.7. The molecular weight excluding hydrogens is 328 g/mol. The third-order valence-corrected chi connectivity index (χ3v) is 6.04. The molecule has 0 amide bonds. The summed E-state index contributed by atoms with van der Waals surface area (Å²) in [6.07, 6.45) is 2.12. The van der Waals surface area contributed by atoms with Crippen LogP contribution in [0.1, 0.15) is 22.6 Å². The van der Waals surface area contributed by atoms with E-state index in [2.05, 4.69) is 66.0 Å². The van der Waals surface area contributed by atoms with Crippen LogP contribution in [-0.2, 0) is 6.54 Å². The van der Waals surface area contributed by atoms with Gasteiger partial charge in [-0.1, -0.05) is 18.2 Å². The highest BCUT2D eigenvalue weighted by Crippen LogP contribution is 2.35. The van der Waals surface area contributed by atoms with Crippen LogP contribution < -0.4 is 10.1 Å². The lowest BCUT2D eigenvalue weighted by atomic mass is 9.85. The predicted molar refractivity (Wildman–Crippen MR) is 105 cm³/mol. The number of rotatable bonds is 5. The summed E-state index contributed by atoms with van der Waals surface area (Å²) in [7, 11) is 2.21. The summed E-state index contributed by atoms with van der Waals surface area (Å²) in [6.45, 7) is 5.06. The molecule has 2 heterocycles. The van der Waals surface area contributed by atoms with Crippen LogP contribution in [0.3, 0.4) is 0 Å². The molecule has 1 fully saturated rings. The van der Waals surface area contributed by atoms with Crippen molar-refractivity contribution in [2.45, 2.75) is 17.4 Å². The van der Waals surface area contributed by atoms with E-state index < -0.39 is 0 Å². The topological polar surface area (TPSA) is 24.5 Å². The van der Waals surface area contributed by atoms with Gasteiger partial charge in [0, 0.05) is 42.9 Å². The Labute approximate surface area is 154 Å². The number of hydrogen-bond acceptors (Lipinski definition) is 4. The van der Waals surface area contributed by atoms with E-state index in [1.165, 1.54) is 21.6 Å². The molecule has 0 aromatic heterocycles. The van der Waals surface area contributed by atoms with Gasteiger partial charge in [-0.15, -0.1) is 11.8 Å². The first-order valence-corrected chi connectivity index (χ1v) is 10.2. The fourth-order valence-corrected chi connectivity index (χ4v) is 4.12. The highest BCUT2D eigenvalue weighted by molar-refractivity contribution is 7.98. The molecule has 0 bridgehead atoms. The average molecular weight is 355 g/mol. The maximum absolute atomic E-state index is 6.02. The monoisotopic (exact) mass is 354 g/mol. The number of nitrogens with zero attached hydrogens (tertiary/aromatic N) is 1. The zero-order valence-electron chi connectivity index (χ0n) is 15.0. The minimum absolute atomic E-state index is 0.439. The summed E-state index contributed by atoms with van der Waals surface area (Å²) in [5.41, 5.74) is 4.25. The van der Waals surface area contributed by atoms with Gasteiger partial charge in [-0.2, -0.15) is 0 Å². The largest absolute Gasteiger partial charge is 0.493 e. The molecule has 1 saturated heterocycles. The third-order valence-electron chi connectivity index (χ3n) is 5.29. The molecule has 1 N–H and O–H groups in total. The lowest BCUT2D eigenvalue weighted by Crippen LogP contribution is -2.45. The van der Waals surface area contributed by atoms with Gasteiger partial charge >= 0.3 is 0 Å². The first-order valence-electron chi connectivity index (χ1n) is 9.02. The minimum Gasteiger partial charge on any atom is -0.493 e. The van der Waals surface area contributed by atoms with Gasteiger partial charge in [-0.25, -0.2) is 0 Å². The fraction of sp³-hybridized carbons (Fsp3) is 0.429. The van der Waals surface area contributed by atoms with Crippen LogP contribution in [-0.4, -0.2) is 44.4 Å². The molecule has 3 nitrogen and oxygen atoms in total. The van der Waals surface area contributed by atoms with Crippen molar-refractivity contribution in [3.05, 3.63) is 59.2 Å². The summed E-state index contributed by atoms with van der Waals surface area (Å²) >= 11 is 1.80. The molecule has 4 heteroatoms. The van der Waals surface area contributed by atoms with Gasteiger partial charge in [0.2, 0.25) is 0 Å². The maximum Gasteiger partial charge on any atom is 0.119 e. The lowest BCUT2D eigenvalue weighted by molar-refractivity contribution is 0.198. The molecular formula is C21H26N2OS. The Bertz CT molecular complexity index is 727. The van der Waals surface area contributed by atoms with E-state index in [-0.39, 0.29) is 0 Å². The molecule has 2 aliphatic heterocycles. The number of thioether (sulfide) groups is 1. The second-order valence-electron chi connectivity index (χ2n) is 7.22. The van der Waals surface area contributed by atoms with Crippen LogP contribution in [0.25, 0.3) is 0 Å². The van der Waals surface area contributed by atoms with Gasteiger partial charge in [0.1, 0.15) is 5.75 Å². The van der Waals surface area contributed by atoms with Crippen LogP contribution in [0.5, 0.6) is 5.75 Å². The first-order chi connectivity index (χ1) is 12.2. The molecule has 0 saturated carbocycles. The number of likely N-dealkylation sites (N-methyl/N-ethyl adjacent to an activating group) is 1. The van der Waals surface area contributed by atoms with Gasteiger partial charge in [-0.05, 0) is 54.3 Å². The smallest absolute Gasteiger partial charge is 0.119 e. The molecule has 4 rings (SSSR count). The summed E-state index contributed by atoms with van der Waals surface area (Å²) in [5.74, 6) is 2.12. The Morgan fingerprint density at radius 1 is 1.16 bits per heavy atom. The molecule has 25 heavy (non-hydrogen) atoms. The highest BCUT2D eigenvalue weighted by Gasteiger charge is 2.25. The van der Waals surface area contributed by atoms with E-state index in [0.717, 1.165) is 38.5 Å². The number of hydrogen-bond donors (Lipinski definition) is 1. The second kappa shape index (κ2) is 7.40. The summed E-state index contributed by atoms with van der Waals surface area (Å²) < 4.78 is 6.02. The van der Waals surface area contributed by atoms with Crippen molar-refractivity contribution >= 4 is 11.8 Å². The average Bonchev–Trinajstić information content (AvgIpc) is 2.59. The predicted octanol–water partition coefficient (Wildman–Crippen LogP) is 3.58. The molecule has 0 aliphatic carbocycles. The Hall–Kier alpha value is -1.49. The Morgan fingerprint density at radius 2 is 1.96 bits per heavy atom. The van der Waals surface area contributed by atoms with Gasteiger partial charge in [-0.3, -0.25) is 0 Å². The van der Waals surface area contributed by atoms with Crippen LogP contribution in [0, 0.1) is 5.92 Å². The summed E-state index contributed by atoms with van der Waals surface area (Å²) in [5, 5.41) is 3.30. The molecule has 2 aromatic carbocycles. The molecule has 2 aromatic rings. The van der Waals surface area contributed by atoms with Crippen molar-refractivity contribution in [1.29, 1.82) is 0 Å². The zero-order chi connectivity index (χ0) is 17.2. The van der Waals surface area contributed by atoms with Gasteiger partial charge in [0.15, 0.2) is 0 Å². The summed E-state index contributed by atoms with van der Waals surface area (Å²) in [4.78, 5) is 3.73. The minimum atomic E-state index is 0.439. The SMILES string of the molecule is CSc1ccc(C2CN(C)Cc3cc(OCC4CNC4)ccc32)cc1. The number of ether oxygens (including phenoxy) is 1. The van der Waals surface area contributed by atoms with Gasteiger partial charge in [0.05, 0.1) is 6.61 Å². The lowest BCUT2D eigenvalue weighted by Gasteiger charge is -2.33. The standard InChI is InChI=1S/C21H26N2OS/c1-23-12-17-9-18(24-14-15-10-22-11-15)5-8-20(17)21(13-23)16-3-6-19(25-2)7-4-16/h3-9,15,21-22H,10-14H2,1-2H3. The Balaban J connectivity index is 1.56. The quantitative estimate of drug-likeness (QED) is 0.830. The van der Waals surface area contributed by atoms with Crippen molar-refractivity contribution in [1.82, 2.24) is 10.2 Å². The first kappa shape index (κ1) is 17.0. The van der Waals surface area contributed by atoms with Crippen molar-refractivity contribution in [3.8, 4) is 5.75 Å². The van der Waals surface area contributed by atoms with Crippen LogP contribution in [0.4, 0.5) is 0 Å². The van der Waals surface area contributed by atoms with Crippen molar-refractivity contribution < 1.29 is 4.74 Å². The second-order valence-corrected chi connectivity index (χ2v) is 8.10. The number of fused-ring (bicyclic) bond motifs is 1. The van der Waals surface area contributed by atoms with E-state index in [4.69, 9.17) is 4.74 Å². The van der Waals surface area contributed by atoms with E-state index in [1.807, 2.05) is 0 Å². The van der Waals surface area contributed by atoms with E-state index in [9.17, 15) is 0 Å². The maximum atomic E-state index is 6.02. The molecule has 2 aliphatic rings. The number of nitrogens with one attached hydrogen (secondary N) is 1. The van der Waals surface area contributed by atoms with Gasteiger partial charge < -0.3 is 15.0 Å². The normalized spacial score (nSPS) is 20.8. The van der Waals surface area contributed by atoms with E-state index >= 15 is 0 Å². The molecule has 132 valence electrons. The zero-order valence-corrected chi connectivity index (χ0v) is 15.8. The van der Waals surface area contributed by atoms with E-state index in [1.54, 1.807) is 11.8 Å². The van der Waals surface area contributed by atoms with Crippen LogP contribution >= 0.6 is 11.8 Å². The fourth-order valence-electron chi connectivity index (χ4n) is 3.72. The van der Waals surface area contributed by atoms with Crippen molar-refractivity contribution in [3.63, 3.8) is 0 Å². The molecule has 1 unspecified atom stereocenters.